The Labute approximate surface area is 175 Å². The Morgan fingerprint density at radius 3 is 2.40 bits per heavy atom. The van der Waals surface area contributed by atoms with E-state index in [1.807, 2.05) is 42.2 Å². The molecule has 2 saturated heterocycles. The average Bonchev–Trinajstić information content (AvgIpc) is 3.16. The molecule has 2 amide bonds. The lowest BCUT2D eigenvalue weighted by Gasteiger charge is -2.37. The number of piperazine rings is 1. The van der Waals surface area contributed by atoms with Crippen molar-refractivity contribution in [3.8, 4) is 5.75 Å². The fourth-order valence-electron chi connectivity index (χ4n) is 4.20. The molecule has 0 bridgehead atoms. The largest absolute Gasteiger partial charge is 0.492 e. The minimum atomic E-state index is -0.368. The van der Waals surface area contributed by atoms with Crippen LogP contribution in [0.3, 0.4) is 0 Å². The van der Waals surface area contributed by atoms with Crippen molar-refractivity contribution in [2.45, 2.75) is 13.3 Å². The molecule has 0 N–H and O–H groups in total. The number of ether oxygens (including phenoxy) is 1. The van der Waals surface area contributed by atoms with Crippen LogP contribution in [0.4, 0.5) is 15.8 Å². The van der Waals surface area contributed by atoms with E-state index in [1.54, 1.807) is 21.9 Å². The van der Waals surface area contributed by atoms with E-state index in [0.717, 1.165) is 0 Å². The minimum absolute atomic E-state index is 0.00655. The molecule has 0 radical (unpaired) electrons. The molecule has 6 nitrogen and oxygen atoms in total. The lowest BCUT2D eigenvalue weighted by atomic mass is 10.1. The summed E-state index contributed by atoms with van der Waals surface area (Å²) in [6.07, 6.45) is 0.201. The Morgan fingerprint density at radius 2 is 1.70 bits per heavy atom. The van der Waals surface area contributed by atoms with Gasteiger partial charge in [-0.05, 0) is 31.2 Å². The zero-order valence-electron chi connectivity index (χ0n) is 17.1. The first-order chi connectivity index (χ1) is 14.6. The summed E-state index contributed by atoms with van der Waals surface area (Å²) in [5.74, 6) is -0.0344. The number of para-hydroxylation sites is 3. The lowest BCUT2D eigenvalue weighted by molar-refractivity contribution is -0.136. The standard InChI is InChI=1S/C23H26FN3O3/c1-2-30-21-10-6-5-9-20(21)27-16-17(15-22(27)28)23(29)26-13-11-25(12-14-26)19-8-4-3-7-18(19)24/h3-10,17H,2,11-16H2,1H3. The predicted octanol–water partition coefficient (Wildman–Crippen LogP) is 2.93. The van der Waals surface area contributed by atoms with E-state index in [-0.39, 0.29) is 30.0 Å². The van der Waals surface area contributed by atoms with E-state index >= 15 is 0 Å². The van der Waals surface area contributed by atoms with Crippen molar-refractivity contribution < 1.29 is 18.7 Å². The van der Waals surface area contributed by atoms with Crippen LogP contribution in [0.2, 0.25) is 0 Å². The summed E-state index contributed by atoms with van der Waals surface area (Å²) in [5.41, 5.74) is 1.28. The van der Waals surface area contributed by atoms with Crippen molar-refractivity contribution in [3.05, 3.63) is 54.3 Å². The summed E-state index contributed by atoms with van der Waals surface area (Å²) in [5, 5.41) is 0. The average molecular weight is 411 g/mol. The normalized spacial score (nSPS) is 19.3. The third-order valence-electron chi connectivity index (χ3n) is 5.71. The molecule has 2 aromatic rings. The van der Waals surface area contributed by atoms with Crippen molar-refractivity contribution >= 4 is 23.2 Å². The molecule has 0 aromatic heterocycles. The van der Waals surface area contributed by atoms with E-state index in [0.29, 0.717) is 56.5 Å². The molecule has 2 aliphatic heterocycles. The van der Waals surface area contributed by atoms with Gasteiger partial charge in [-0.1, -0.05) is 24.3 Å². The first-order valence-electron chi connectivity index (χ1n) is 10.4. The van der Waals surface area contributed by atoms with Crippen LogP contribution in [0.15, 0.2) is 48.5 Å². The maximum absolute atomic E-state index is 14.0. The Morgan fingerprint density at radius 1 is 1.03 bits per heavy atom. The smallest absolute Gasteiger partial charge is 0.228 e. The molecular weight excluding hydrogens is 385 g/mol. The molecule has 158 valence electrons. The molecular formula is C23H26FN3O3. The van der Waals surface area contributed by atoms with Gasteiger partial charge < -0.3 is 19.4 Å². The van der Waals surface area contributed by atoms with E-state index < -0.39 is 0 Å². The van der Waals surface area contributed by atoms with Gasteiger partial charge in [0.05, 0.1) is 23.9 Å². The van der Waals surface area contributed by atoms with Crippen LogP contribution in [0, 0.1) is 11.7 Å². The molecule has 2 fully saturated rings. The highest BCUT2D eigenvalue weighted by atomic mass is 19.1. The molecule has 7 heteroatoms. The second-order valence-corrected chi connectivity index (χ2v) is 7.57. The van der Waals surface area contributed by atoms with Crippen LogP contribution in [-0.2, 0) is 9.59 Å². The van der Waals surface area contributed by atoms with Crippen molar-refractivity contribution in [3.63, 3.8) is 0 Å². The topological polar surface area (TPSA) is 53.1 Å². The van der Waals surface area contributed by atoms with Gasteiger partial charge in [0.25, 0.3) is 0 Å². The van der Waals surface area contributed by atoms with Gasteiger partial charge >= 0.3 is 0 Å². The van der Waals surface area contributed by atoms with Crippen LogP contribution in [0.5, 0.6) is 5.75 Å². The summed E-state index contributed by atoms with van der Waals surface area (Å²) >= 11 is 0. The summed E-state index contributed by atoms with van der Waals surface area (Å²) in [6.45, 7) is 4.95. The summed E-state index contributed by atoms with van der Waals surface area (Å²) in [7, 11) is 0. The highest BCUT2D eigenvalue weighted by Crippen LogP contribution is 2.33. The van der Waals surface area contributed by atoms with Crippen molar-refractivity contribution in [2.24, 2.45) is 5.92 Å². The minimum Gasteiger partial charge on any atom is -0.492 e. The van der Waals surface area contributed by atoms with Gasteiger partial charge in [-0.15, -0.1) is 0 Å². The van der Waals surface area contributed by atoms with Crippen LogP contribution < -0.4 is 14.5 Å². The number of nitrogens with zero attached hydrogens (tertiary/aromatic N) is 3. The quantitative estimate of drug-likeness (QED) is 0.759. The zero-order chi connectivity index (χ0) is 21.1. The number of rotatable bonds is 5. The Hall–Kier alpha value is -3.09. The Bertz CT molecular complexity index is 927. The monoisotopic (exact) mass is 411 g/mol. The second kappa shape index (κ2) is 8.73. The number of benzene rings is 2. The highest BCUT2D eigenvalue weighted by Gasteiger charge is 2.38. The maximum Gasteiger partial charge on any atom is 0.228 e. The van der Waals surface area contributed by atoms with Crippen LogP contribution in [0.25, 0.3) is 0 Å². The van der Waals surface area contributed by atoms with E-state index in [4.69, 9.17) is 4.74 Å². The Kier molecular flexibility index (Phi) is 5.88. The number of amides is 2. The molecule has 4 rings (SSSR count). The first-order valence-corrected chi connectivity index (χ1v) is 10.4. The first kappa shape index (κ1) is 20.2. The van der Waals surface area contributed by atoms with E-state index in [9.17, 15) is 14.0 Å². The van der Waals surface area contributed by atoms with Gasteiger partial charge in [0.2, 0.25) is 11.8 Å². The van der Waals surface area contributed by atoms with Gasteiger partial charge in [0.15, 0.2) is 0 Å². The molecule has 2 heterocycles. The van der Waals surface area contributed by atoms with Gasteiger partial charge in [-0.3, -0.25) is 9.59 Å². The molecule has 1 unspecified atom stereocenters. The fourth-order valence-corrected chi connectivity index (χ4v) is 4.20. The van der Waals surface area contributed by atoms with Crippen LogP contribution in [0.1, 0.15) is 13.3 Å². The van der Waals surface area contributed by atoms with E-state index in [2.05, 4.69) is 0 Å². The third-order valence-corrected chi connectivity index (χ3v) is 5.71. The number of anilines is 2. The molecule has 0 saturated carbocycles. The Balaban J connectivity index is 1.40. The van der Waals surface area contributed by atoms with Crippen molar-refractivity contribution in [1.82, 2.24) is 4.90 Å². The van der Waals surface area contributed by atoms with Crippen LogP contribution in [-0.4, -0.2) is 56.0 Å². The predicted molar refractivity (Wildman–Crippen MR) is 113 cm³/mol. The van der Waals surface area contributed by atoms with Crippen LogP contribution >= 0.6 is 0 Å². The number of carbonyl (C=O) groups is 2. The molecule has 0 aliphatic carbocycles. The highest BCUT2D eigenvalue weighted by molar-refractivity contribution is 6.01. The zero-order valence-corrected chi connectivity index (χ0v) is 17.1. The summed E-state index contributed by atoms with van der Waals surface area (Å²) < 4.78 is 19.7. The number of halogens is 1. The molecule has 30 heavy (non-hydrogen) atoms. The van der Waals surface area contributed by atoms with Gasteiger partial charge in [0.1, 0.15) is 11.6 Å². The fraction of sp³-hybridized carbons (Fsp3) is 0.391. The molecule has 2 aliphatic rings. The van der Waals surface area contributed by atoms with Gasteiger partial charge in [0, 0.05) is 39.1 Å². The lowest BCUT2D eigenvalue weighted by Crippen LogP contribution is -2.51. The van der Waals surface area contributed by atoms with Crippen molar-refractivity contribution in [1.29, 1.82) is 0 Å². The summed E-state index contributed by atoms with van der Waals surface area (Å²) in [6, 6.07) is 14.1. The number of hydrogen-bond donors (Lipinski definition) is 0. The SMILES string of the molecule is CCOc1ccccc1N1CC(C(=O)N2CCN(c3ccccc3F)CC2)CC1=O. The number of hydrogen-bond acceptors (Lipinski definition) is 4. The second-order valence-electron chi connectivity index (χ2n) is 7.57. The molecule has 2 aromatic carbocycles. The van der Waals surface area contributed by atoms with E-state index in [1.165, 1.54) is 6.07 Å². The maximum atomic E-state index is 14.0. The van der Waals surface area contributed by atoms with Gasteiger partial charge in [-0.25, -0.2) is 4.39 Å². The van der Waals surface area contributed by atoms with Crippen molar-refractivity contribution in [2.75, 3.05) is 49.1 Å². The summed E-state index contributed by atoms with van der Waals surface area (Å²) in [4.78, 5) is 31.1. The molecule has 1 atom stereocenters. The number of carbonyl (C=O) groups excluding carboxylic acids is 2. The molecule has 0 spiro atoms. The van der Waals surface area contributed by atoms with Gasteiger partial charge in [-0.2, -0.15) is 0 Å². The third kappa shape index (κ3) is 3.97.